The molecular formula is C23H29ClN6O2. The van der Waals surface area contributed by atoms with Crippen LogP contribution in [0.5, 0.6) is 0 Å². The highest BCUT2D eigenvalue weighted by Gasteiger charge is 2.56. The summed E-state index contributed by atoms with van der Waals surface area (Å²) in [4.78, 5) is 25.4. The van der Waals surface area contributed by atoms with Crippen LogP contribution in [0.4, 0.5) is 0 Å². The molecule has 0 spiro atoms. The Labute approximate surface area is 192 Å². The van der Waals surface area contributed by atoms with Gasteiger partial charge in [-0.25, -0.2) is 9.36 Å². The van der Waals surface area contributed by atoms with Crippen LogP contribution in [0, 0.1) is 17.8 Å². The van der Waals surface area contributed by atoms with Gasteiger partial charge in [-0.1, -0.05) is 11.6 Å². The maximum absolute atomic E-state index is 13.5. The number of halogens is 1. The lowest BCUT2D eigenvalue weighted by Crippen LogP contribution is -2.66. The van der Waals surface area contributed by atoms with Gasteiger partial charge in [-0.2, -0.15) is 10.2 Å². The molecule has 5 saturated carbocycles. The van der Waals surface area contributed by atoms with Crippen molar-refractivity contribution in [3.8, 4) is 5.82 Å². The lowest BCUT2D eigenvalue weighted by Gasteiger charge is -2.60. The third-order valence-electron chi connectivity index (χ3n) is 8.21. The summed E-state index contributed by atoms with van der Waals surface area (Å²) in [6.07, 6.45) is 13.5. The molecule has 5 aliphatic rings. The summed E-state index contributed by atoms with van der Waals surface area (Å²) in [5.41, 5.74) is 0.470. The summed E-state index contributed by atoms with van der Waals surface area (Å²) in [7, 11) is 0. The minimum Gasteiger partial charge on any atom is -0.351 e. The molecule has 0 aromatic carbocycles. The lowest BCUT2D eigenvalue weighted by molar-refractivity contribution is -0.125. The van der Waals surface area contributed by atoms with Crippen LogP contribution in [0.3, 0.4) is 0 Å². The van der Waals surface area contributed by atoms with Crippen LogP contribution in [0.25, 0.3) is 5.82 Å². The number of amides is 2. The standard InChI is InChI=1S/C23H29ClN6O2/c1-13(31)28-23-7-14-5-15(8-23)20(16(6-14)9-23)27-21(32)19-11-26-30(18-3-2-4-18)22(19)29-12-17(24)10-25-29/h10-12,14-16,18,20H,2-9H2,1H3,(H,27,32)(H,28,31)/t14?,15-,16+,20?,23?. The Balaban J connectivity index is 1.27. The molecular weight excluding hydrogens is 428 g/mol. The van der Waals surface area contributed by atoms with Crippen molar-refractivity contribution in [3.05, 3.63) is 29.2 Å². The van der Waals surface area contributed by atoms with Gasteiger partial charge in [-0.3, -0.25) is 9.59 Å². The van der Waals surface area contributed by atoms with E-state index in [1.807, 2.05) is 4.68 Å². The first kappa shape index (κ1) is 20.3. The van der Waals surface area contributed by atoms with Gasteiger partial charge in [0, 0.05) is 18.5 Å². The largest absolute Gasteiger partial charge is 0.351 e. The summed E-state index contributed by atoms with van der Waals surface area (Å²) in [6.45, 7) is 1.61. The van der Waals surface area contributed by atoms with Crippen LogP contribution in [0.2, 0.25) is 5.02 Å². The van der Waals surface area contributed by atoms with E-state index in [9.17, 15) is 9.59 Å². The molecule has 170 valence electrons. The highest BCUT2D eigenvalue weighted by molar-refractivity contribution is 6.30. The lowest BCUT2D eigenvalue weighted by atomic mass is 9.51. The summed E-state index contributed by atoms with van der Waals surface area (Å²) >= 11 is 6.13. The van der Waals surface area contributed by atoms with Gasteiger partial charge in [-0.05, 0) is 69.1 Å². The molecule has 2 aromatic rings. The van der Waals surface area contributed by atoms with Gasteiger partial charge >= 0.3 is 0 Å². The molecule has 9 heteroatoms. The zero-order valence-electron chi connectivity index (χ0n) is 18.3. The van der Waals surface area contributed by atoms with E-state index >= 15 is 0 Å². The Morgan fingerprint density at radius 3 is 2.47 bits per heavy atom. The van der Waals surface area contributed by atoms with Gasteiger partial charge in [-0.15, -0.1) is 0 Å². The Hall–Kier alpha value is -2.35. The number of aromatic nitrogens is 4. The van der Waals surface area contributed by atoms with Gasteiger partial charge in [0.25, 0.3) is 5.91 Å². The van der Waals surface area contributed by atoms with E-state index in [4.69, 9.17) is 11.6 Å². The van der Waals surface area contributed by atoms with Crippen molar-refractivity contribution in [2.24, 2.45) is 17.8 Å². The number of nitrogens with one attached hydrogen (secondary N) is 2. The first-order valence-corrected chi connectivity index (χ1v) is 12.2. The SMILES string of the molecule is CC(=O)NC12CC3C[C@H](C1)C(NC(=O)c1cnn(C4CCC4)c1-n1cc(Cl)cn1)[C@@H](C3)C2. The van der Waals surface area contributed by atoms with Crippen molar-refractivity contribution in [1.29, 1.82) is 0 Å². The number of nitrogens with zero attached hydrogens (tertiary/aromatic N) is 4. The molecule has 7 rings (SSSR count). The average Bonchev–Trinajstić information content (AvgIpc) is 3.28. The minimum atomic E-state index is -0.0942. The summed E-state index contributed by atoms with van der Waals surface area (Å²) in [6, 6.07) is 0.440. The maximum Gasteiger partial charge on any atom is 0.256 e. The number of hydrogen-bond donors (Lipinski definition) is 2. The second kappa shape index (κ2) is 7.33. The van der Waals surface area contributed by atoms with Crippen molar-refractivity contribution in [3.63, 3.8) is 0 Å². The summed E-state index contributed by atoms with van der Waals surface area (Å²) < 4.78 is 3.61. The van der Waals surface area contributed by atoms with Crippen molar-refractivity contribution >= 4 is 23.4 Å². The molecule has 32 heavy (non-hydrogen) atoms. The van der Waals surface area contributed by atoms with E-state index in [1.54, 1.807) is 30.2 Å². The topological polar surface area (TPSA) is 93.8 Å². The van der Waals surface area contributed by atoms with Crippen LogP contribution in [0.15, 0.2) is 18.6 Å². The van der Waals surface area contributed by atoms with E-state index in [0.717, 1.165) is 44.9 Å². The van der Waals surface area contributed by atoms with Crippen LogP contribution in [-0.4, -0.2) is 43.0 Å². The van der Waals surface area contributed by atoms with Crippen LogP contribution in [0.1, 0.15) is 74.7 Å². The molecule has 3 unspecified atom stereocenters. The average molecular weight is 457 g/mol. The molecule has 2 N–H and O–H groups in total. The summed E-state index contributed by atoms with van der Waals surface area (Å²) in [5.74, 6) is 2.11. The van der Waals surface area contributed by atoms with E-state index < -0.39 is 0 Å². The normalized spacial score (nSPS) is 33.2. The number of carbonyl (C=O) groups excluding carboxylic acids is 2. The molecule has 5 atom stereocenters. The Kier molecular flexibility index (Phi) is 4.65. The van der Waals surface area contributed by atoms with E-state index in [2.05, 4.69) is 20.8 Å². The van der Waals surface area contributed by atoms with E-state index in [0.29, 0.717) is 40.2 Å². The van der Waals surface area contributed by atoms with Crippen LogP contribution >= 0.6 is 11.6 Å². The second-order valence-corrected chi connectivity index (χ2v) is 10.9. The van der Waals surface area contributed by atoms with Gasteiger partial charge in [0.1, 0.15) is 5.56 Å². The van der Waals surface area contributed by atoms with Crippen molar-refractivity contribution in [2.45, 2.75) is 75.9 Å². The van der Waals surface area contributed by atoms with Crippen LogP contribution in [-0.2, 0) is 4.79 Å². The molecule has 4 bridgehead atoms. The third-order valence-corrected chi connectivity index (χ3v) is 8.41. The fraction of sp³-hybridized carbons (Fsp3) is 0.652. The Morgan fingerprint density at radius 2 is 1.88 bits per heavy atom. The Bertz CT molecular complexity index is 1060. The van der Waals surface area contributed by atoms with Gasteiger partial charge in [0.15, 0.2) is 5.82 Å². The highest BCUT2D eigenvalue weighted by Crippen LogP contribution is 2.55. The molecule has 0 aliphatic heterocycles. The number of hydrogen-bond acceptors (Lipinski definition) is 4. The van der Waals surface area contributed by atoms with Crippen molar-refractivity contribution in [1.82, 2.24) is 30.2 Å². The number of carbonyl (C=O) groups is 2. The molecule has 0 radical (unpaired) electrons. The zero-order chi connectivity index (χ0) is 22.0. The minimum absolute atomic E-state index is 0.0541. The predicted molar refractivity (Wildman–Crippen MR) is 119 cm³/mol. The molecule has 5 fully saturated rings. The summed E-state index contributed by atoms with van der Waals surface area (Å²) in [5, 5.41) is 16.1. The second-order valence-electron chi connectivity index (χ2n) is 10.4. The van der Waals surface area contributed by atoms with E-state index in [1.165, 1.54) is 6.42 Å². The quantitative estimate of drug-likeness (QED) is 0.722. The monoisotopic (exact) mass is 456 g/mol. The van der Waals surface area contributed by atoms with Gasteiger partial charge in [0.2, 0.25) is 5.91 Å². The molecule has 5 aliphatic carbocycles. The van der Waals surface area contributed by atoms with Crippen LogP contribution < -0.4 is 10.6 Å². The molecule has 2 aromatic heterocycles. The van der Waals surface area contributed by atoms with Gasteiger partial charge in [0.05, 0.1) is 29.7 Å². The highest BCUT2D eigenvalue weighted by atomic mass is 35.5. The molecule has 2 amide bonds. The molecule has 8 nitrogen and oxygen atoms in total. The first-order valence-electron chi connectivity index (χ1n) is 11.8. The maximum atomic E-state index is 13.5. The first-order chi connectivity index (χ1) is 15.4. The fourth-order valence-electron chi connectivity index (χ4n) is 7.08. The van der Waals surface area contributed by atoms with E-state index in [-0.39, 0.29) is 23.4 Å². The number of rotatable bonds is 5. The smallest absolute Gasteiger partial charge is 0.256 e. The predicted octanol–water partition coefficient (Wildman–Crippen LogP) is 3.26. The fourth-order valence-corrected chi connectivity index (χ4v) is 7.21. The van der Waals surface area contributed by atoms with Crippen molar-refractivity contribution < 1.29 is 9.59 Å². The van der Waals surface area contributed by atoms with Gasteiger partial charge < -0.3 is 10.6 Å². The Morgan fingerprint density at radius 1 is 1.12 bits per heavy atom. The third kappa shape index (κ3) is 3.26. The molecule has 2 heterocycles. The zero-order valence-corrected chi connectivity index (χ0v) is 19.0. The van der Waals surface area contributed by atoms with Crippen molar-refractivity contribution in [2.75, 3.05) is 0 Å². The molecule has 0 saturated heterocycles.